The Bertz CT molecular complexity index is 139. The topological polar surface area (TPSA) is 72.4 Å². The molecule has 0 aliphatic carbocycles. The second kappa shape index (κ2) is 2.94. The molecule has 2 N–H and O–H groups in total. The van der Waals surface area contributed by atoms with Crippen LogP contribution < -0.4 is 5.84 Å². The lowest BCUT2D eigenvalue weighted by atomic mass is 10.1. The van der Waals surface area contributed by atoms with Gasteiger partial charge in [0.2, 0.25) is 0 Å². The Morgan fingerprint density at radius 3 is 2.70 bits per heavy atom. The number of nitrogens with zero attached hydrogens (tertiary/aromatic N) is 2. The summed E-state index contributed by atoms with van der Waals surface area (Å²) in [5, 5.41) is 11.6. The van der Waals surface area contributed by atoms with Crippen LogP contribution in [0.5, 0.6) is 0 Å². The molecule has 0 bridgehead atoms. The minimum Gasteiger partial charge on any atom is -0.263 e. The van der Waals surface area contributed by atoms with Gasteiger partial charge in [-0.05, 0) is 12.8 Å². The van der Waals surface area contributed by atoms with Gasteiger partial charge < -0.3 is 0 Å². The molecule has 1 atom stereocenters. The summed E-state index contributed by atoms with van der Waals surface area (Å²) in [6.45, 7) is 0.644. The predicted octanol–water partition coefficient (Wildman–Crippen LogP) is -0.0512. The Balaban J connectivity index is 2.47. The van der Waals surface area contributed by atoms with E-state index in [1.54, 1.807) is 0 Å². The number of hydrogen-bond donors (Lipinski definition) is 1. The molecule has 1 fully saturated rings. The van der Waals surface area contributed by atoms with Crippen LogP contribution in [0.15, 0.2) is 0 Å². The van der Waals surface area contributed by atoms with Gasteiger partial charge >= 0.3 is 0 Å². The smallest absolute Gasteiger partial charge is 0.263 e. The van der Waals surface area contributed by atoms with Crippen molar-refractivity contribution in [2.75, 3.05) is 6.54 Å². The van der Waals surface area contributed by atoms with E-state index in [0.717, 1.165) is 12.8 Å². The third kappa shape index (κ3) is 1.43. The summed E-state index contributed by atoms with van der Waals surface area (Å²) in [4.78, 5) is 9.93. The molecule has 0 aromatic heterocycles. The lowest BCUT2D eigenvalue weighted by Crippen LogP contribution is -2.48. The molecule has 58 valence electrons. The van der Waals surface area contributed by atoms with Crippen LogP contribution in [0.4, 0.5) is 0 Å². The molecule has 1 aliphatic heterocycles. The van der Waals surface area contributed by atoms with Crippen molar-refractivity contribution < 1.29 is 4.92 Å². The maximum atomic E-state index is 10.2. The summed E-state index contributed by atoms with van der Waals surface area (Å²) < 4.78 is 0. The maximum absolute atomic E-state index is 10.2. The SMILES string of the molecule is NN1CCCCC1[N+](=O)[O-]. The fourth-order valence-electron chi connectivity index (χ4n) is 1.16. The fraction of sp³-hybridized carbons (Fsp3) is 1.00. The standard InChI is InChI=1S/C5H11N3O2/c6-7-4-2-1-3-5(7)8(9)10/h5H,1-4,6H2. The fourth-order valence-corrected chi connectivity index (χ4v) is 1.16. The largest absolute Gasteiger partial charge is 0.280 e. The van der Waals surface area contributed by atoms with Crippen LogP contribution in [0.25, 0.3) is 0 Å². The lowest BCUT2D eigenvalue weighted by molar-refractivity contribution is -0.555. The van der Waals surface area contributed by atoms with E-state index < -0.39 is 6.17 Å². The van der Waals surface area contributed by atoms with E-state index in [0.29, 0.717) is 13.0 Å². The highest BCUT2D eigenvalue weighted by Gasteiger charge is 2.28. The molecule has 0 spiro atoms. The van der Waals surface area contributed by atoms with Crippen molar-refractivity contribution in [2.45, 2.75) is 25.4 Å². The molecule has 5 nitrogen and oxygen atoms in total. The summed E-state index contributed by atoms with van der Waals surface area (Å²) in [5.74, 6) is 5.37. The predicted molar refractivity (Wildman–Crippen MR) is 35.5 cm³/mol. The molecule has 10 heavy (non-hydrogen) atoms. The van der Waals surface area contributed by atoms with Gasteiger partial charge in [-0.1, -0.05) is 0 Å². The second-order valence-corrected chi connectivity index (χ2v) is 2.50. The molecule has 0 saturated carbocycles. The van der Waals surface area contributed by atoms with Gasteiger partial charge in [-0.25, -0.2) is 0 Å². The van der Waals surface area contributed by atoms with E-state index in [1.807, 2.05) is 0 Å². The molecule has 1 aliphatic rings. The molecule has 1 heterocycles. The Morgan fingerprint density at radius 2 is 2.30 bits per heavy atom. The summed E-state index contributed by atoms with van der Waals surface area (Å²) in [6.07, 6.45) is 1.83. The van der Waals surface area contributed by atoms with Gasteiger partial charge in [-0.15, -0.1) is 0 Å². The summed E-state index contributed by atoms with van der Waals surface area (Å²) in [7, 11) is 0. The van der Waals surface area contributed by atoms with E-state index in [9.17, 15) is 10.1 Å². The zero-order valence-electron chi connectivity index (χ0n) is 5.69. The molecule has 0 aromatic carbocycles. The van der Waals surface area contributed by atoms with E-state index in [-0.39, 0.29) is 4.92 Å². The molecule has 0 aromatic rings. The Hall–Kier alpha value is -0.680. The molecule has 0 radical (unpaired) electrons. The third-order valence-corrected chi connectivity index (χ3v) is 1.75. The van der Waals surface area contributed by atoms with Crippen molar-refractivity contribution in [3.63, 3.8) is 0 Å². The van der Waals surface area contributed by atoms with E-state index in [4.69, 9.17) is 5.84 Å². The van der Waals surface area contributed by atoms with Crippen molar-refractivity contribution in [2.24, 2.45) is 5.84 Å². The first kappa shape index (κ1) is 7.43. The molecular formula is C5H11N3O2. The number of piperidine rings is 1. The van der Waals surface area contributed by atoms with Crippen LogP contribution in [0.3, 0.4) is 0 Å². The average Bonchev–Trinajstić information content (AvgIpc) is 1.88. The monoisotopic (exact) mass is 145 g/mol. The summed E-state index contributed by atoms with van der Waals surface area (Å²) >= 11 is 0. The number of hydrazine groups is 1. The van der Waals surface area contributed by atoms with Crippen LogP contribution in [0.2, 0.25) is 0 Å². The van der Waals surface area contributed by atoms with Crippen LogP contribution in [-0.2, 0) is 0 Å². The van der Waals surface area contributed by atoms with Crippen LogP contribution in [0.1, 0.15) is 19.3 Å². The van der Waals surface area contributed by atoms with Gasteiger partial charge in [0.25, 0.3) is 6.17 Å². The zero-order valence-corrected chi connectivity index (χ0v) is 5.69. The van der Waals surface area contributed by atoms with Gasteiger partial charge in [-0.3, -0.25) is 16.0 Å². The number of nitro groups is 1. The molecule has 1 rings (SSSR count). The van der Waals surface area contributed by atoms with Crippen LogP contribution >= 0.6 is 0 Å². The first-order valence-corrected chi connectivity index (χ1v) is 3.36. The minimum atomic E-state index is -0.645. The highest BCUT2D eigenvalue weighted by atomic mass is 16.6. The van der Waals surface area contributed by atoms with Gasteiger partial charge in [-0.2, -0.15) is 5.01 Å². The summed E-state index contributed by atoms with van der Waals surface area (Å²) in [6, 6.07) is 0. The van der Waals surface area contributed by atoms with Gasteiger partial charge in [0, 0.05) is 17.9 Å². The van der Waals surface area contributed by atoms with Gasteiger partial charge in [0.1, 0.15) is 0 Å². The highest BCUT2D eigenvalue weighted by molar-refractivity contribution is 4.62. The number of rotatable bonds is 1. The molecule has 1 saturated heterocycles. The maximum Gasteiger partial charge on any atom is 0.280 e. The normalized spacial score (nSPS) is 28.3. The third-order valence-electron chi connectivity index (χ3n) is 1.75. The molecule has 0 amide bonds. The van der Waals surface area contributed by atoms with Crippen LogP contribution in [0, 0.1) is 10.1 Å². The average molecular weight is 145 g/mol. The van der Waals surface area contributed by atoms with Crippen molar-refractivity contribution in [3.8, 4) is 0 Å². The van der Waals surface area contributed by atoms with Crippen molar-refractivity contribution in [1.82, 2.24) is 5.01 Å². The number of hydrogen-bond acceptors (Lipinski definition) is 4. The van der Waals surface area contributed by atoms with Gasteiger partial charge in [0.15, 0.2) is 0 Å². The van der Waals surface area contributed by atoms with Gasteiger partial charge in [0.05, 0.1) is 0 Å². The first-order valence-electron chi connectivity index (χ1n) is 3.36. The Labute approximate surface area is 58.9 Å². The van der Waals surface area contributed by atoms with E-state index >= 15 is 0 Å². The van der Waals surface area contributed by atoms with Crippen molar-refractivity contribution in [1.29, 1.82) is 0 Å². The molecule has 5 heteroatoms. The molecule has 1 unspecified atom stereocenters. The Kier molecular flexibility index (Phi) is 2.18. The Morgan fingerprint density at radius 1 is 1.60 bits per heavy atom. The lowest BCUT2D eigenvalue weighted by Gasteiger charge is -2.24. The number of nitrogens with two attached hydrogens (primary N) is 1. The minimum absolute atomic E-state index is 0.320. The summed E-state index contributed by atoms with van der Waals surface area (Å²) in [5.41, 5.74) is 0. The second-order valence-electron chi connectivity index (χ2n) is 2.50. The highest BCUT2D eigenvalue weighted by Crippen LogP contribution is 2.12. The van der Waals surface area contributed by atoms with E-state index in [1.165, 1.54) is 5.01 Å². The zero-order chi connectivity index (χ0) is 7.56. The van der Waals surface area contributed by atoms with E-state index in [2.05, 4.69) is 0 Å². The molecular weight excluding hydrogens is 134 g/mol. The van der Waals surface area contributed by atoms with Crippen molar-refractivity contribution >= 4 is 0 Å². The quantitative estimate of drug-likeness (QED) is 0.319. The van der Waals surface area contributed by atoms with Crippen molar-refractivity contribution in [3.05, 3.63) is 10.1 Å². The first-order chi connectivity index (χ1) is 4.72. The van der Waals surface area contributed by atoms with Crippen LogP contribution in [-0.4, -0.2) is 22.6 Å².